The molecule has 84 heavy (non-hydrogen) atoms. The number of aliphatic hydroxyl groups excluding tert-OH is 1. The monoisotopic (exact) mass is 1160 g/mol. The van der Waals surface area contributed by atoms with Crippen molar-refractivity contribution >= 4 is 46.2 Å². The Hall–Kier alpha value is -6.87. The van der Waals surface area contributed by atoms with Crippen molar-refractivity contribution < 1.29 is 29.1 Å². The van der Waals surface area contributed by atoms with Crippen LogP contribution in [0.1, 0.15) is 108 Å². The zero-order valence-electron chi connectivity index (χ0n) is 48.9. The smallest absolute Gasteiger partial charge is 0.243 e. The van der Waals surface area contributed by atoms with Crippen molar-refractivity contribution in [3.05, 3.63) is 102 Å². The number of pyridine rings is 1. The van der Waals surface area contributed by atoms with Crippen molar-refractivity contribution in [2.75, 3.05) is 92.4 Å². The minimum Gasteiger partial charge on any atom is -0.507 e. The number of nitrogens with two attached hydrogens (primary N) is 1. The van der Waals surface area contributed by atoms with Gasteiger partial charge in [0.1, 0.15) is 23.8 Å². The van der Waals surface area contributed by atoms with E-state index in [0.29, 0.717) is 52.1 Å². The van der Waals surface area contributed by atoms with E-state index < -0.39 is 18.1 Å². The minimum absolute atomic E-state index is 0.0937. The Kier molecular flexibility index (Phi) is 15.8. The number of anilines is 4. The van der Waals surface area contributed by atoms with E-state index in [0.717, 1.165) is 123 Å². The lowest BCUT2D eigenvalue weighted by Gasteiger charge is -2.55. The number of β-amino-alcohol motifs (C(OH)–C–C–N with tert-alkyl or cyclic N) is 1. The van der Waals surface area contributed by atoms with Crippen molar-refractivity contribution in [2.45, 2.75) is 128 Å². The van der Waals surface area contributed by atoms with Crippen molar-refractivity contribution in [1.29, 1.82) is 0 Å². The van der Waals surface area contributed by atoms with Gasteiger partial charge in [0.15, 0.2) is 17.4 Å². The number of para-hydroxylation sites is 1. The van der Waals surface area contributed by atoms with Gasteiger partial charge in [0.2, 0.25) is 17.7 Å². The topological polar surface area (TPSA) is 219 Å². The molecule has 1 saturated carbocycles. The molecule has 2 bridgehead atoms. The molecule has 1 aliphatic carbocycles. The van der Waals surface area contributed by atoms with Gasteiger partial charge in [-0.3, -0.25) is 9.59 Å². The first-order valence-electron chi connectivity index (χ1n) is 30.7. The van der Waals surface area contributed by atoms with Crippen LogP contribution < -0.4 is 30.5 Å². The quantitative estimate of drug-likeness (QED) is 0.0677. The van der Waals surface area contributed by atoms with Crippen molar-refractivity contribution in [3.63, 3.8) is 0 Å². The number of carbonyl (C=O) groups is 2. The largest absolute Gasteiger partial charge is 0.507 e. The molecular weight excluding hydrogens is 1080 g/mol. The van der Waals surface area contributed by atoms with Crippen LogP contribution in [0.3, 0.4) is 0 Å². The molecular formula is C64H81N13O6S. The van der Waals surface area contributed by atoms with Gasteiger partial charge in [-0.25, -0.2) is 9.97 Å². The maximum Gasteiger partial charge on any atom is 0.243 e. The number of aromatic hydroxyl groups is 1. The number of nitrogens with one attached hydrogen (secondary N) is 1. The third-order valence-corrected chi connectivity index (χ3v) is 20.7. The maximum atomic E-state index is 14.4. The predicted octanol–water partition coefficient (Wildman–Crippen LogP) is 8.15. The summed E-state index contributed by atoms with van der Waals surface area (Å²) >= 11 is 1.60. The summed E-state index contributed by atoms with van der Waals surface area (Å²) in [4.78, 5) is 52.6. The summed E-state index contributed by atoms with van der Waals surface area (Å²) in [5, 5.41) is 37.5. The lowest BCUT2D eigenvalue weighted by molar-refractivity contribution is -0.141. The highest BCUT2D eigenvalue weighted by Crippen LogP contribution is 2.44. The average Bonchev–Trinajstić information content (AvgIpc) is 2.22. The summed E-state index contributed by atoms with van der Waals surface area (Å²) < 4.78 is 12.5. The first-order valence-corrected chi connectivity index (χ1v) is 31.6. The summed E-state index contributed by atoms with van der Waals surface area (Å²) in [7, 11) is 0. The lowest BCUT2D eigenvalue weighted by atomic mass is 9.71. The van der Waals surface area contributed by atoms with Crippen LogP contribution in [0.15, 0.2) is 89.0 Å². The molecule has 19 nitrogen and oxygen atoms in total. The number of aliphatic hydroxyl groups is 1. The SMILES string of the molecule is Cc1ncsc1-c1ccc([C@H](C)NC(=O)[C@@H]2C[C@@H](O)CN2C(=O)[C@H](c2cc(N3CCC4(CC3)CN(CC3CCN(CC5CC(Oc6cc(N7C8CCC7CN(c7cc(-c9ccccc9O)nnc7N)C8)ccn6)C5)CC3)C4)no2)C(C)C)cc1. The fraction of sp³-hybridized carbons (Fsp3) is 0.547. The van der Waals surface area contributed by atoms with E-state index in [4.69, 9.17) is 15.0 Å². The highest BCUT2D eigenvalue weighted by molar-refractivity contribution is 7.13. The highest BCUT2D eigenvalue weighted by Gasteiger charge is 2.48. The van der Waals surface area contributed by atoms with E-state index >= 15 is 0 Å². The van der Waals surface area contributed by atoms with Crippen LogP contribution in [-0.2, 0) is 9.59 Å². The fourth-order valence-corrected chi connectivity index (χ4v) is 15.8. The third-order valence-electron chi connectivity index (χ3n) is 19.7. The van der Waals surface area contributed by atoms with E-state index in [-0.39, 0.29) is 48.6 Å². The van der Waals surface area contributed by atoms with Crippen LogP contribution in [0, 0.1) is 30.1 Å². The Morgan fingerprint density at radius 1 is 0.845 bits per heavy atom. The summed E-state index contributed by atoms with van der Waals surface area (Å²) in [5.41, 5.74) is 14.9. The van der Waals surface area contributed by atoms with Crippen LogP contribution >= 0.6 is 11.3 Å². The van der Waals surface area contributed by atoms with Gasteiger partial charge in [0, 0.05) is 107 Å². The van der Waals surface area contributed by atoms with Crippen LogP contribution in [0.2, 0.25) is 0 Å². The Morgan fingerprint density at radius 3 is 2.30 bits per heavy atom. The zero-order chi connectivity index (χ0) is 57.8. The first kappa shape index (κ1) is 56.3. The number of carbonyl (C=O) groups excluding carboxylic acids is 2. The number of thiazole rings is 1. The van der Waals surface area contributed by atoms with Crippen molar-refractivity contribution in [1.82, 2.24) is 45.3 Å². The highest BCUT2D eigenvalue weighted by atomic mass is 32.1. The van der Waals surface area contributed by atoms with Gasteiger partial charge in [0.05, 0.1) is 39.6 Å². The van der Waals surface area contributed by atoms with E-state index in [1.807, 2.05) is 87.9 Å². The molecule has 1 spiro atoms. The number of hydrogen-bond donors (Lipinski definition) is 4. The minimum atomic E-state index is -0.795. The summed E-state index contributed by atoms with van der Waals surface area (Å²) in [6.07, 6.45) is 10.5. The Labute approximate surface area is 496 Å². The van der Waals surface area contributed by atoms with E-state index in [2.05, 4.69) is 67.3 Å². The molecule has 6 atom stereocenters. The number of hydrogen-bond acceptors (Lipinski definition) is 18. The Bertz CT molecular complexity index is 3280. The molecule has 2 aromatic carbocycles. The van der Waals surface area contributed by atoms with Gasteiger partial charge in [-0.1, -0.05) is 55.4 Å². The number of rotatable bonds is 17. The molecule has 7 fully saturated rings. The van der Waals surface area contributed by atoms with Gasteiger partial charge >= 0.3 is 0 Å². The Balaban J connectivity index is 0.524. The number of aryl methyl sites for hydroxylation is 1. The van der Waals surface area contributed by atoms with Crippen LogP contribution in [0.4, 0.5) is 23.0 Å². The molecule has 7 aliphatic rings. The second kappa shape index (κ2) is 23.5. The predicted molar refractivity (Wildman–Crippen MR) is 325 cm³/mol. The van der Waals surface area contributed by atoms with Gasteiger partial charge in [-0.05, 0) is 137 Å². The zero-order valence-corrected chi connectivity index (χ0v) is 49.7. The second-order valence-electron chi connectivity index (χ2n) is 25.9. The lowest BCUT2D eigenvalue weighted by Crippen LogP contribution is -2.61. The Morgan fingerprint density at radius 2 is 1.58 bits per heavy atom. The number of piperazine rings is 1. The molecule has 2 amide bonds. The van der Waals surface area contributed by atoms with E-state index in [9.17, 15) is 19.8 Å². The van der Waals surface area contributed by atoms with Crippen LogP contribution in [0.5, 0.6) is 11.6 Å². The molecule has 444 valence electrons. The molecule has 6 aliphatic heterocycles. The number of phenols is 1. The molecule has 4 aromatic heterocycles. The molecule has 0 radical (unpaired) electrons. The molecule has 6 saturated heterocycles. The van der Waals surface area contributed by atoms with E-state index in [1.165, 1.54) is 38.2 Å². The molecule has 10 heterocycles. The normalized spacial score (nSPS) is 25.2. The number of nitrogen functional groups attached to an aromatic ring is 1. The number of fused-ring (bicyclic) bond motifs is 2. The molecule has 5 N–H and O–H groups in total. The molecule has 2 unspecified atom stereocenters. The molecule has 20 heteroatoms. The standard InChI is InChI=1S/C64H81N13O6S/c1-39(2)59(63(81)76-35-49(78)28-54(76)62(80)68-40(3)44-9-11-45(12-10-44)60-41(4)67-38-84-60)56-30-57(71-83-56)74-23-18-64(19-24-74)36-73(37-64)31-42-16-21-72(22-17-42)32-43-25-50(26-43)82-58-27-46(15-20-66-58)77-47-13-14-48(77)34-75(33-47)53-29-52(69-70-61(53)65)51-7-5-6-8-55(51)79/h5-12,15,20,27,29-30,38-40,42-43,47-50,54,59,78-79H,13-14,16-19,21-26,28,31-37H2,1-4H3,(H2,65,70)(H,68,80)/t40-,43?,47?,48?,49+,50?,54-,59-/m0/s1. The number of benzene rings is 2. The van der Waals surface area contributed by atoms with Crippen molar-refractivity contribution in [3.8, 4) is 33.3 Å². The average molecular weight is 1160 g/mol. The maximum absolute atomic E-state index is 14.4. The second-order valence-corrected chi connectivity index (χ2v) is 26.7. The molecule has 6 aromatic rings. The number of ether oxygens (including phenoxy) is 1. The van der Waals surface area contributed by atoms with Gasteiger partial charge in [0.25, 0.3) is 0 Å². The number of piperidine rings is 2. The summed E-state index contributed by atoms with van der Waals surface area (Å²) in [6.45, 7) is 18.5. The summed E-state index contributed by atoms with van der Waals surface area (Å²) in [5.74, 6) is 2.70. The van der Waals surface area contributed by atoms with E-state index in [1.54, 1.807) is 28.4 Å². The van der Waals surface area contributed by atoms with Gasteiger partial charge < -0.3 is 59.9 Å². The van der Waals surface area contributed by atoms with Crippen molar-refractivity contribution in [2.24, 2.45) is 23.2 Å². The van der Waals surface area contributed by atoms with Crippen LogP contribution in [0.25, 0.3) is 21.7 Å². The third kappa shape index (κ3) is 11.5. The van der Waals surface area contributed by atoms with Gasteiger partial charge in [-0.15, -0.1) is 21.5 Å². The number of nitrogens with zero attached hydrogens (tertiary/aromatic N) is 11. The number of phenolic OH excluding ortho intramolecular Hbond substituents is 1. The first-order chi connectivity index (χ1) is 40.7. The molecule has 13 rings (SSSR count). The number of likely N-dealkylation sites (tertiary alicyclic amines) is 3. The number of amides is 2. The van der Waals surface area contributed by atoms with Crippen LogP contribution in [-0.4, -0.2) is 164 Å². The van der Waals surface area contributed by atoms with Gasteiger partial charge in [-0.2, -0.15) is 0 Å². The number of aromatic nitrogens is 5. The summed E-state index contributed by atoms with van der Waals surface area (Å²) in [6, 6.07) is 23.0. The fourth-order valence-electron chi connectivity index (χ4n) is 15.0.